The summed E-state index contributed by atoms with van der Waals surface area (Å²) in [5.41, 5.74) is -0.0339. The van der Waals surface area contributed by atoms with Crippen LogP contribution in [-0.4, -0.2) is 9.25 Å². The summed E-state index contributed by atoms with van der Waals surface area (Å²) in [5, 5.41) is 0.944. The molecule has 1 aromatic rings. The van der Waals surface area contributed by atoms with E-state index < -0.39 is 11.0 Å². The van der Waals surface area contributed by atoms with Gasteiger partial charge >= 0.3 is 0 Å². The molecule has 1 heterocycles. The van der Waals surface area contributed by atoms with E-state index in [1.165, 1.54) is 0 Å². The van der Waals surface area contributed by atoms with Gasteiger partial charge in [0, 0.05) is 10.3 Å². The van der Waals surface area contributed by atoms with Crippen molar-refractivity contribution in [2.24, 2.45) is 9.81 Å². The summed E-state index contributed by atoms with van der Waals surface area (Å²) in [6.45, 7) is 6.26. The highest BCUT2D eigenvalue weighted by Gasteiger charge is 2.27. The van der Waals surface area contributed by atoms with Gasteiger partial charge in [-0.3, -0.25) is 0 Å². The average molecular weight is 239 g/mol. The van der Waals surface area contributed by atoms with E-state index in [0.29, 0.717) is 0 Å². The van der Waals surface area contributed by atoms with Crippen molar-refractivity contribution in [3.63, 3.8) is 0 Å². The maximum absolute atomic E-state index is 11.9. The second-order valence-corrected chi connectivity index (χ2v) is 6.60. The van der Waals surface area contributed by atoms with Gasteiger partial charge in [0.2, 0.25) is 0 Å². The standard InChI is InChI=1S/C11H13NOS2/c1-11(2,3)10-12-15(13)9-7-5-4-6-8(9)14-10/h4-7H,1-3H3. The highest BCUT2D eigenvalue weighted by atomic mass is 32.2. The summed E-state index contributed by atoms with van der Waals surface area (Å²) in [6.07, 6.45) is 0. The van der Waals surface area contributed by atoms with Crippen LogP contribution in [0.4, 0.5) is 0 Å². The Balaban J connectivity index is 2.45. The molecule has 2 nitrogen and oxygen atoms in total. The van der Waals surface area contributed by atoms with Crippen LogP contribution in [-0.2, 0) is 11.0 Å². The Morgan fingerprint density at radius 2 is 1.93 bits per heavy atom. The Kier molecular flexibility index (Phi) is 2.73. The monoisotopic (exact) mass is 239 g/mol. The van der Waals surface area contributed by atoms with Crippen molar-refractivity contribution in [1.82, 2.24) is 0 Å². The van der Waals surface area contributed by atoms with E-state index in [4.69, 9.17) is 0 Å². The fourth-order valence-corrected chi connectivity index (χ4v) is 3.69. The van der Waals surface area contributed by atoms with Gasteiger partial charge in [0.15, 0.2) is 11.0 Å². The molecule has 15 heavy (non-hydrogen) atoms. The zero-order valence-corrected chi connectivity index (χ0v) is 10.6. The minimum Gasteiger partial charge on any atom is -0.229 e. The molecule has 1 atom stereocenters. The third-order valence-electron chi connectivity index (χ3n) is 2.05. The van der Waals surface area contributed by atoms with E-state index in [9.17, 15) is 4.21 Å². The van der Waals surface area contributed by atoms with Gasteiger partial charge in [-0.1, -0.05) is 44.7 Å². The first kappa shape index (κ1) is 10.9. The van der Waals surface area contributed by atoms with Crippen molar-refractivity contribution < 1.29 is 4.21 Å². The summed E-state index contributed by atoms with van der Waals surface area (Å²) in [6, 6.07) is 7.74. The van der Waals surface area contributed by atoms with E-state index in [2.05, 4.69) is 25.2 Å². The Morgan fingerprint density at radius 1 is 1.27 bits per heavy atom. The molecule has 1 aliphatic heterocycles. The number of thioether (sulfide) groups is 1. The molecular formula is C11H13NOS2. The lowest BCUT2D eigenvalue weighted by Gasteiger charge is -2.24. The number of hydrogen-bond donors (Lipinski definition) is 0. The van der Waals surface area contributed by atoms with Crippen LogP contribution in [0.3, 0.4) is 0 Å². The molecule has 2 rings (SSSR count). The summed E-state index contributed by atoms with van der Waals surface area (Å²) >= 11 is 1.62. The van der Waals surface area contributed by atoms with Crippen LogP contribution in [0, 0.1) is 5.41 Å². The fraction of sp³-hybridized carbons (Fsp3) is 0.364. The van der Waals surface area contributed by atoms with E-state index in [1.807, 2.05) is 24.3 Å². The Labute approximate surface area is 96.8 Å². The molecule has 0 saturated heterocycles. The van der Waals surface area contributed by atoms with Crippen LogP contribution < -0.4 is 0 Å². The number of benzene rings is 1. The molecule has 1 aliphatic rings. The van der Waals surface area contributed by atoms with Crippen molar-refractivity contribution >= 4 is 27.8 Å². The maximum atomic E-state index is 11.9. The zero-order chi connectivity index (χ0) is 11.1. The summed E-state index contributed by atoms with van der Waals surface area (Å²) in [7, 11) is -1.22. The van der Waals surface area contributed by atoms with Crippen LogP contribution in [0.2, 0.25) is 0 Å². The molecule has 0 amide bonds. The van der Waals surface area contributed by atoms with Crippen LogP contribution in [0.15, 0.2) is 38.5 Å². The normalized spacial score (nSPS) is 20.7. The van der Waals surface area contributed by atoms with Gasteiger partial charge in [-0.05, 0) is 12.1 Å². The van der Waals surface area contributed by atoms with E-state index in [0.717, 1.165) is 14.8 Å². The number of fused-ring (bicyclic) bond motifs is 1. The molecule has 0 bridgehead atoms. The van der Waals surface area contributed by atoms with Gasteiger partial charge in [-0.15, -0.1) is 0 Å². The highest BCUT2D eigenvalue weighted by molar-refractivity contribution is 8.15. The van der Waals surface area contributed by atoms with Gasteiger partial charge in [-0.2, -0.15) is 4.40 Å². The molecule has 1 aromatic carbocycles. The minimum absolute atomic E-state index is 0.0339. The first-order valence-electron chi connectivity index (χ1n) is 4.76. The Bertz CT molecular complexity index is 446. The average Bonchev–Trinajstić information content (AvgIpc) is 2.16. The Morgan fingerprint density at radius 3 is 2.60 bits per heavy atom. The molecule has 0 saturated carbocycles. The molecule has 0 aliphatic carbocycles. The van der Waals surface area contributed by atoms with Gasteiger partial charge in [0.1, 0.15) is 0 Å². The van der Waals surface area contributed by atoms with Crippen molar-refractivity contribution in [2.45, 2.75) is 30.6 Å². The lowest BCUT2D eigenvalue weighted by molar-refractivity contribution is 0.601. The van der Waals surface area contributed by atoms with Crippen molar-refractivity contribution in [3.05, 3.63) is 24.3 Å². The minimum atomic E-state index is -1.22. The third kappa shape index (κ3) is 2.16. The van der Waals surface area contributed by atoms with Crippen molar-refractivity contribution in [3.8, 4) is 0 Å². The smallest absolute Gasteiger partial charge is 0.174 e. The largest absolute Gasteiger partial charge is 0.229 e. The number of hydrogen-bond acceptors (Lipinski definition) is 2. The fourth-order valence-electron chi connectivity index (χ4n) is 1.22. The van der Waals surface area contributed by atoms with E-state index in [-0.39, 0.29) is 5.41 Å². The summed E-state index contributed by atoms with van der Waals surface area (Å²) in [4.78, 5) is 1.89. The van der Waals surface area contributed by atoms with Crippen LogP contribution in [0.5, 0.6) is 0 Å². The topological polar surface area (TPSA) is 29.4 Å². The first-order valence-corrected chi connectivity index (χ1v) is 6.69. The second-order valence-electron chi connectivity index (χ2n) is 4.44. The van der Waals surface area contributed by atoms with Crippen LogP contribution in [0.1, 0.15) is 20.8 Å². The molecule has 0 radical (unpaired) electrons. The van der Waals surface area contributed by atoms with Crippen LogP contribution >= 0.6 is 11.8 Å². The van der Waals surface area contributed by atoms with Gasteiger partial charge in [-0.25, -0.2) is 4.21 Å². The van der Waals surface area contributed by atoms with Crippen molar-refractivity contribution in [1.29, 1.82) is 0 Å². The lowest BCUT2D eigenvalue weighted by atomic mass is 9.99. The third-order valence-corrected chi connectivity index (χ3v) is 4.85. The predicted molar refractivity (Wildman–Crippen MR) is 65.6 cm³/mol. The highest BCUT2D eigenvalue weighted by Crippen LogP contribution is 2.38. The molecule has 80 valence electrons. The number of rotatable bonds is 0. The van der Waals surface area contributed by atoms with Gasteiger partial charge in [0.25, 0.3) is 0 Å². The Hall–Kier alpha value is -0.610. The maximum Gasteiger partial charge on any atom is 0.174 e. The number of nitrogens with zero attached hydrogens (tertiary/aromatic N) is 1. The quantitative estimate of drug-likeness (QED) is 0.695. The predicted octanol–water partition coefficient (Wildman–Crippen LogP) is 3.26. The molecule has 1 unspecified atom stereocenters. The molecule has 0 aromatic heterocycles. The van der Waals surface area contributed by atoms with Crippen molar-refractivity contribution in [2.75, 3.05) is 0 Å². The van der Waals surface area contributed by atoms with Crippen LogP contribution in [0.25, 0.3) is 0 Å². The SMILES string of the molecule is CC(C)(C)C1=NS(=O)c2ccccc2S1. The second kappa shape index (κ2) is 3.76. The molecule has 0 spiro atoms. The van der Waals surface area contributed by atoms with E-state index in [1.54, 1.807) is 11.8 Å². The summed E-state index contributed by atoms with van der Waals surface area (Å²) < 4.78 is 16.1. The molecular weight excluding hydrogens is 226 g/mol. The van der Waals surface area contributed by atoms with E-state index >= 15 is 0 Å². The molecule has 0 fully saturated rings. The molecule has 0 N–H and O–H groups in total. The summed E-state index contributed by atoms with van der Waals surface area (Å²) in [5.74, 6) is 0. The first-order chi connectivity index (χ1) is 6.98. The van der Waals surface area contributed by atoms with Gasteiger partial charge in [0.05, 0.1) is 9.94 Å². The lowest BCUT2D eigenvalue weighted by Crippen LogP contribution is -2.20. The zero-order valence-electron chi connectivity index (χ0n) is 8.98. The van der Waals surface area contributed by atoms with Gasteiger partial charge < -0.3 is 0 Å². The molecule has 4 heteroatoms.